The van der Waals surface area contributed by atoms with E-state index in [1.165, 1.54) is 16.2 Å². The van der Waals surface area contributed by atoms with Crippen molar-refractivity contribution in [2.45, 2.75) is 20.4 Å². The molecule has 0 aliphatic rings. The van der Waals surface area contributed by atoms with Crippen molar-refractivity contribution in [1.82, 2.24) is 14.1 Å². The number of hydrogen-bond acceptors (Lipinski definition) is 3. The lowest BCUT2D eigenvalue weighted by Crippen LogP contribution is -2.07. The van der Waals surface area contributed by atoms with Gasteiger partial charge < -0.3 is 13.6 Å². The molecule has 11 aromatic rings. The molecule has 0 N–H and O–H groups in total. The zero-order valence-corrected chi connectivity index (χ0v) is 33.2. The third kappa shape index (κ3) is 5.92. The van der Waals surface area contributed by atoms with Crippen LogP contribution in [-0.2, 0) is 6.54 Å². The summed E-state index contributed by atoms with van der Waals surface area (Å²) in [6, 6.07) is 65.6. The monoisotopic (exact) mass is 773 g/mol. The van der Waals surface area contributed by atoms with Gasteiger partial charge in [-0.2, -0.15) is 0 Å². The van der Waals surface area contributed by atoms with Crippen LogP contribution in [0.1, 0.15) is 29.2 Å². The van der Waals surface area contributed by atoms with Gasteiger partial charge in [-0.3, -0.25) is 4.99 Å². The maximum absolute atomic E-state index is 6.69. The van der Waals surface area contributed by atoms with Crippen LogP contribution >= 0.6 is 0 Å². The maximum Gasteiger partial charge on any atom is 0.227 e. The lowest BCUT2D eigenvalue weighted by atomic mass is 10.1. The Kier molecular flexibility index (Phi) is 8.55. The average molecular weight is 774 g/mol. The van der Waals surface area contributed by atoms with Crippen LogP contribution in [0, 0.1) is 6.92 Å². The van der Waals surface area contributed by atoms with Crippen LogP contribution in [0.4, 0.5) is 0 Å². The number of rotatable bonds is 7. The standard InChI is InChI=1S/C54H39N5O/c1-35-33-40(29-30-41(35)53(55-34-37-17-6-3-7-18-37)56-36(2)38-19-8-4-9-20-38)58-47-26-14-12-23-42(47)44-31-32-45-43-24-13-15-27-48(43)59(51(45)50(44)58)49-28-16-25-46-52(49)60-54(57-46)39-21-10-5-11-22-39/h3-33H,34H2,1-2H3/b55-53-,56-36+. The van der Waals surface area contributed by atoms with Crippen molar-refractivity contribution >= 4 is 66.3 Å². The van der Waals surface area contributed by atoms with E-state index in [9.17, 15) is 0 Å². The molecule has 0 aliphatic heterocycles. The van der Waals surface area contributed by atoms with Crippen molar-refractivity contribution in [3.63, 3.8) is 0 Å². The van der Waals surface area contributed by atoms with Crippen LogP contribution in [0.25, 0.3) is 77.5 Å². The molecule has 286 valence electrons. The highest BCUT2D eigenvalue weighted by molar-refractivity contribution is 6.24. The Morgan fingerprint density at radius 1 is 0.583 bits per heavy atom. The van der Waals surface area contributed by atoms with Gasteiger partial charge in [0.05, 0.1) is 34.3 Å². The van der Waals surface area contributed by atoms with Gasteiger partial charge in [-0.05, 0) is 85.1 Å². The van der Waals surface area contributed by atoms with E-state index in [4.69, 9.17) is 19.4 Å². The zero-order valence-electron chi connectivity index (χ0n) is 33.2. The molecule has 0 amide bonds. The van der Waals surface area contributed by atoms with Crippen LogP contribution < -0.4 is 0 Å². The van der Waals surface area contributed by atoms with Crippen LogP contribution in [0.15, 0.2) is 202 Å². The first-order valence-electron chi connectivity index (χ1n) is 20.3. The third-order valence-corrected chi connectivity index (χ3v) is 11.6. The van der Waals surface area contributed by atoms with E-state index in [1.54, 1.807) is 0 Å². The van der Waals surface area contributed by atoms with Crippen molar-refractivity contribution in [3.05, 3.63) is 210 Å². The first-order chi connectivity index (χ1) is 29.6. The number of benzene rings is 8. The van der Waals surface area contributed by atoms with Crippen LogP contribution in [0.2, 0.25) is 0 Å². The summed E-state index contributed by atoms with van der Waals surface area (Å²) in [5, 5.41) is 4.69. The fourth-order valence-corrected chi connectivity index (χ4v) is 8.70. The van der Waals surface area contributed by atoms with Crippen molar-refractivity contribution in [2.75, 3.05) is 0 Å². The second-order valence-electron chi connectivity index (χ2n) is 15.3. The van der Waals surface area contributed by atoms with Gasteiger partial charge in [0, 0.05) is 44.1 Å². The van der Waals surface area contributed by atoms with Crippen molar-refractivity contribution in [2.24, 2.45) is 9.98 Å². The molecule has 6 nitrogen and oxygen atoms in total. The Balaban J connectivity index is 1.15. The first-order valence-corrected chi connectivity index (χ1v) is 20.3. The van der Waals surface area contributed by atoms with Crippen molar-refractivity contribution < 1.29 is 4.42 Å². The van der Waals surface area contributed by atoms with Gasteiger partial charge in [0.2, 0.25) is 5.89 Å². The summed E-state index contributed by atoms with van der Waals surface area (Å²) in [7, 11) is 0. The van der Waals surface area contributed by atoms with Gasteiger partial charge in [-0.15, -0.1) is 0 Å². The molecule has 0 radical (unpaired) electrons. The highest BCUT2D eigenvalue weighted by Crippen LogP contribution is 2.43. The normalized spacial score (nSPS) is 12.4. The molecule has 0 spiro atoms. The largest absolute Gasteiger partial charge is 0.434 e. The quantitative estimate of drug-likeness (QED) is 0.120. The molecular weight excluding hydrogens is 735 g/mol. The highest BCUT2D eigenvalue weighted by Gasteiger charge is 2.24. The maximum atomic E-state index is 6.69. The molecule has 8 aromatic carbocycles. The van der Waals surface area contributed by atoms with Crippen LogP contribution in [0.3, 0.4) is 0 Å². The second kappa shape index (κ2) is 14.5. The number of nitrogens with zero attached hydrogens (tertiary/aromatic N) is 5. The molecule has 60 heavy (non-hydrogen) atoms. The number of oxazole rings is 1. The summed E-state index contributed by atoms with van der Waals surface area (Å²) in [5.74, 6) is 1.31. The van der Waals surface area contributed by atoms with Crippen molar-refractivity contribution in [1.29, 1.82) is 0 Å². The fourth-order valence-electron chi connectivity index (χ4n) is 8.70. The summed E-state index contributed by atoms with van der Waals surface area (Å²) in [6.07, 6.45) is 0. The number of amidine groups is 1. The van der Waals surface area contributed by atoms with E-state index in [0.29, 0.717) is 18.3 Å². The van der Waals surface area contributed by atoms with E-state index in [-0.39, 0.29) is 0 Å². The van der Waals surface area contributed by atoms with E-state index in [0.717, 1.165) is 83.5 Å². The van der Waals surface area contributed by atoms with Gasteiger partial charge >= 0.3 is 0 Å². The minimum atomic E-state index is 0.531. The van der Waals surface area contributed by atoms with Crippen molar-refractivity contribution in [3.8, 4) is 22.8 Å². The van der Waals surface area contributed by atoms with Gasteiger partial charge in [0.15, 0.2) is 11.4 Å². The molecule has 0 saturated heterocycles. The molecule has 0 unspecified atom stereocenters. The number of hydrogen-bond donors (Lipinski definition) is 0. The highest BCUT2D eigenvalue weighted by atomic mass is 16.3. The average Bonchev–Trinajstić information content (AvgIpc) is 3.99. The number of aliphatic imine (C=N–C) groups is 2. The zero-order chi connectivity index (χ0) is 40.2. The summed E-state index contributed by atoms with van der Waals surface area (Å²) in [6.45, 7) is 4.75. The third-order valence-electron chi connectivity index (χ3n) is 11.6. The number of para-hydroxylation sites is 3. The molecule has 0 atom stereocenters. The van der Waals surface area contributed by atoms with Gasteiger partial charge in [-0.25, -0.2) is 9.98 Å². The van der Waals surface area contributed by atoms with E-state index < -0.39 is 0 Å². The Bertz CT molecular complexity index is 3460. The van der Waals surface area contributed by atoms with Gasteiger partial charge in [0.25, 0.3) is 0 Å². The number of aryl methyl sites for hydroxylation is 1. The molecule has 0 aliphatic carbocycles. The number of fused-ring (bicyclic) bond motifs is 8. The van der Waals surface area contributed by atoms with Gasteiger partial charge in [-0.1, -0.05) is 133 Å². The molecule has 0 fully saturated rings. The molecule has 6 heteroatoms. The lowest BCUT2D eigenvalue weighted by Gasteiger charge is -2.15. The molecule has 3 aromatic heterocycles. The smallest absolute Gasteiger partial charge is 0.227 e. The SMILES string of the molecule is C/C(=N\C(=N/Cc1ccccc1)c1ccc(-n2c3ccccc3c3ccc4c5ccccc5n(-c5cccc6nc(-c7ccccc7)oc56)c4c32)cc1C)c1ccccc1. The lowest BCUT2D eigenvalue weighted by molar-refractivity contribution is 0.618. The molecule has 0 bridgehead atoms. The predicted molar refractivity (Wildman–Crippen MR) is 248 cm³/mol. The Hall–Kier alpha value is -7.83. The second-order valence-corrected chi connectivity index (χ2v) is 15.3. The summed E-state index contributed by atoms with van der Waals surface area (Å²) in [4.78, 5) is 15.3. The molecule has 3 heterocycles. The molecular formula is C54H39N5O. The summed E-state index contributed by atoms with van der Waals surface area (Å²) >= 11 is 0. The van der Waals surface area contributed by atoms with Crippen LogP contribution in [-0.4, -0.2) is 25.7 Å². The summed E-state index contributed by atoms with van der Waals surface area (Å²) in [5.41, 5.74) is 14.1. The minimum Gasteiger partial charge on any atom is -0.434 e. The van der Waals surface area contributed by atoms with E-state index >= 15 is 0 Å². The molecule has 11 rings (SSSR count). The minimum absolute atomic E-state index is 0.531. The molecule has 0 saturated carbocycles. The Morgan fingerprint density at radius 2 is 1.20 bits per heavy atom. The van der Waals surface area contributed by atoms with Crippen LogP contribution in [0.5, 0.6) is 0 Å². The van der Waals surface area contributed by atoms with E-state index in [1.807, 2.05) is 60.7 Å². The number of aromatic nitrogens is 3. The Labute approximate surface area is 347 Å². The Morgan fingerprint density at radius 3 is 1.90 bits per heavy atom. The van der Waals surface area contributed by atoms with Gasteiger partial charge in [0.1, 0.15) is 5.52 Å². The first kappa shape index (κ1) is 35.3. The topological polar surface area (TPSA) is 60.6 Å². The predicted octanol–water partition coefficient (Wildman–Crippen LogP) is 13.5. The summed E-state index contributed by atoms with van der Waals surface area (Å²) < 4.78 is 11.5. The van der Waals surface area contributed by atoms with E-state index in [2.05, 4.69) is 150 Å². The fraction of sp³-hybridized carbons (Fsp3) is 0.0556.